The lowest BCUT2D eigenvalue weighted by molar-refractivity contribution is 0.370. The van der Waals surface area contributed by atoms with Crippen molar-refractivity contribution in [2.75, 3.05) is 5.75 Å². The first-order valence-electron chi connectivity index (χ1n) is 7.70. The van der Waals surface area contributed by atoms with E-state index >= 15 is 0 Å². The van der Waals surface area contributed by atoms with Crippen molar-refractivity contribution in [2.45, 2.75) is 44.3 Å². The van der Waals surface area contributed by atoms with Gasteiger partial charge >= 0.3 is 0 Å². The van der Waals surface area contributed by atoms with E-state index in [1.807, 2.05) is 6.08 Å². The first-order valence-corrected chi connectivity index (χ1v) is 9.41. The number of rotatable bonds is 5. The van der Waals surface area contributed by atoms with E-state index in [1.165, 1.54) is 25.7 Å². The minimum Gasteiger partial charge on any atom is -0.228 e. The summed E-state index contributed by atoms with van der Waals surface area (Å²) in [7, 11) is -2.89. The van der Waals surface area contributed by atoms with Crippen molar-refractivity contribution < 1.29 is 8.42 Å². The Morgan fingerprint density at radius 1 is 1.21 bits per heavy atom. The molecule has 2 aliphatic carbocycles. The first kappa shape index (κ1) is 13.4. The molecule has 2 bridgehead atoms. The second-order valence-corrected chi connectivity index (χ2v) is 8.61. The zero-order chi connectivity index (χ0) is 13.5. The van der Waals surface area contributed by atoms with Gasteiger partial charge in [0.25, 0.3) is 0 Å². The van der Waals surface area contributed by atoms with Crippen LogP contribution in [0.3, 0.4) is 0 Å². The summed E-state index contributed by atoms with van der Waals surface area (Å²) in [6, 6.07) is 0. The van der Waals surface area contributed by atoms with Gasteiger partial charge in [0.15, 0.2) is 9.84 Å². The van der Waals surface area contributed by atoms with Crippen molar-refractivity contribution in [3.05, 3.63) is 24.3 Å². The molecule has 4 unspecified atom stereocenters. The van der Waals surface area contributed by atoms with E-state index in [4.69, 9.17) is 0 Å². The largest absolute Gasteiger partial charge is 0.228 e. The Morgan fingerprint density at radius 2 is 2.00 bits per heavy atom. The van der Waals surface area contributed by atoms with Crippen molar-refractivity contribution in [1.29, 1.82) is 0 Å². The fourth-order valence-corrected chi connectivity index (χ4v) is 6.76. The molecule has 0 aromatic carbocycles. The van der Waals surface area contributed by atoms with Crippen LogP contribution in [0.1, 0.15) is 39.0 Å². The standard InChI is InChI=1S/C16H24O2S/c1-2-3-4-5-6-7-15-16-13-9-8-12(10-13)14(16)11-19(15,17)18/h6-9,12-16H,2-5,10-11H2,1H3/b7-6-/t12?,13?,14?,15-,16?/m0/s1. The summed E-state index contributed by atoms with van der Waals surface area (Å²) in [5.74, 6) is 2.28. The molecular formula is C16H24O2S. The normalized spacial score (nSPS) is 42.3. The van der Waals surface area contributed by atoms with Gasteiger partial charge in [-0.15, -0.1) is 0 Å². The van der Waals surface area contributed by atoms with Crippen LogP contribution in [0.25, 0.3) is 0 Å². The van der Waals surface area contributed by atoms with Crippen LogP contribution in [-0.4, -0.2) is 19.4 Å². The Bertz CT molecular complexity index is 489. The molecule has 3 rings (SSSR count). The molecule has 1 aliphatic heterocycles. The maximum Gasteiger partial charge on any atom is 0.157 e. The van der Waals surface area contributed by atoms with E-state index in [0.29, 0.717) is 29.4 Å². The molecule has 0 radical (unpaired) electrons. The van der Waals surface area contributed by atoms with Crippen molar-refractivity contribution in [2.24, 2.45) is 23.7 Å². The van der Waals surface area contributed by atoms with Gasteiger partial charge in [-0.25, -0.2) is 8.42 Å². The van der Waals surface area contributed by atoms with Crippen LogP contribution >= 0.6 is 0 Å². The second kappa shape index (κ2) is 5.08. The number of allylic oxidation sites excluding steroid dienone is 3. The maximum atomic E-state index is 12.3. The van der Waals surface area contributed by atoms with Crippen molar-refractivity contribution >= 4 is 9.84 Å². The Kier molecular flexibility index (Phi) is 3.59. The van der Waals surface area contributed by atoms with Gasteiger partial charge in [-0.3, -0.25) is 0 Å². The van der Waals surface area contributed by atoms with E-state index < -0.39 is 9.84 Å². The van der Waals surface area contributed by atoms with Crippen molar-refractivity contribution in [3.8, 4) is 0 Å². The van der Waals surface area contributed by atoms with Crippen LogP contribution in [0.15, 0.2) is 24.3 Å². The summed E-state index contributed by atoms with van der Waals surface area (Å²) in [5.41, 5.74) is 0. The van der Waals surface area contributed by atoms with Gasteiger partial charge in [0, 0.05) is 0 Å². The van der Waals surface area contributed by atoms with Gasteiger partial charge in [-0.1, -0.05) is 44.1 Å². The highest BCUT2D eigenvalue weighted by atomic mass is 32.2. The summed E-state index contributed by atoms with van der Waals surface area (Å²) < 4.78 is 24.7. The van der Waals surface area contributed by atoms with Crippen molar-refractivity contribution in [1.82, 2.24) is 0 Å². The monoisotopic (exact) mass is 280 g/mol. The molecule has 0 spiro atoms. The Morgan fingerprint density at radius 3 is 2.79 bits per heavy atom. The van der Waals surface area contributed by atoms with Gasteiger partial charge < -0.3 is 0 Å². The summed E-state index contributed by atoms with van der Waals surface area (Å²) in [4.78, 5) is 0. The van der Waals surface area contributed by atoms with Crippen LogP contribution in [-0.2, 0) is 9.84 Å². The Balaban J connectivity index is 1.70. The molecular weight excluding hydrogens is 256 g/mol. The number of hydrogen-bond donors (Lipinski definition) is 0. The van der Waals surface area contributed by atoms with Crippen LogP contribution in [0.2, 0.25) is 0 Å². The quantitative estimate of drug-likeness (QED) is 0.571. The van der Waals surface area contributed by atoms with Crippen LogP contribution < -0.4 is 0 Å². The molecule has 0 amide bonds. The summed E-state index contributed by atoms with van der Waals surface area (Å²) in [6.45, 7) is 2.19. The molecule has 1 saturated heterocycles. The van der Waals surface area contributed by atoms with Crippen LogP contribution in [0.5, 0.6) is 0 Å². The predicted molar refractivity (Wildman–Crippen MR) is 78.6 cm³/mol. The van der Waals surface area contributed by atoms with E-state index in [2.05, 4.69) is 25.2 Å². The highest BCUT2D eigenvalue weighted by molar-refractivity contribution is 7.92. The lowest BCUT2D eigenvalue weighted by Gasteiger charge is -2.22. The molecule has 1 saturated carbocycles. The predicted octanol–water partition coefficient (Wildman–Crippen LogP) is 3.36. The minimum absolute atomic E-state index is 0.195. The van der Waals surface area contributed by atoms with Crippen molar-refractivity contribution in [3.63, 3.8) is 0 Å². The molecule has 2 fully saturated rings. The molecule has 0 N–H and O–H groups in total. The highest BCUT2D eigenvalue weighted by Gasteiger charge is 2.56. The molecule has 5 atom stereocenters. The maximum absolute atomic E-state index is 12.3. The number of sulfone groups is 1. The van der Waals surface area contributed by atoms with Gasteiger partial charge in [0.05, 0.1) is 11.0 Å². The molecule has 3 heteroatoms. The molecule has 0 aromatic heterocycles. The Labute approximate surface area is 116 Å². The Hall–Kier alpha value is -0.570. The molecule has 0 aromatic rings. The third-order valence-electron chi connectivity index (χ3n) is 5.21. The third kappa shape index (κ3) is 2.31. The molecule has 19 heavy (non-hydrogen) atoms. The second-order valence-electron chi connectivity index (χ2n) is 6.41. The smallest absolute Gasteiger partial charge is 0.157 e. The minimum atomic E-state index is -2.89. The average molecular weight is 280 g/mol. The lowest BCUT2D eigenvalue weighted by atomic mass is 9.82. The summed E-state index contributed by atoms with van der Waals surface area (Å²) in [5, 5.41) is -0.195. The SMILES string of the molecule is CCCCC/C=C\[C@H]1C2C3C=CC(C3)C2CS1(=O)=O. The highest BCUT2D eigenvalue weighted by Crippen LogP contribution is 2.55. The fourth-order valence-electron chi connectivity index (χ4n) is 4.29. The molecule has 1 heterocycles. The third-order valence-corrected chi connectivity index (χ3v) is 7.36. The lowest BCUT2D eigenvalue weighted by Crippen LogP contribution is -2.25. The van der Waals surface area contributed by atoms with E-state index in [-0.39, 0.29) is 5.25 Å². The van der Waals surface area contributed by atoms with Gasteiger partial charge in [0.1, 0.15) is 0 Å². The van der Waals surface area contributed by atoms with E-state index in [1.54, 1.807) is 0 Å². The van der Waals surface area contributed by atoms with E-state index in [9.17, 15) is 8.42 Å². The average Bonchev–Trinajstić information content (AvgIpc) is 3.00. The molecule has 3 aliphatic rings. The zero-order valence-corrected chi connectivity index (χ0v) is 12.5. The number of unbranched alkanes of at least 4 members (excludes halogenated alkanes) is 3. The summed E-state index contributed by atoms with van der Waals surface area (Å²) in [6.07, 6.45) is 14.5. The molecule has 106 valence electrons. The van der Waals surface area contributed by atoms with Gasteiger partial charge in [0.2, 0.25) is 0 Å². The van der Waals surface area contributed by atoms with Crippen LogP contribution in [0, 0.1) is 23.7 Å². The zero-order valence-electron chi connectivity index (χ0n) is 11.7. The topological polar surface area (TPSA) is 34.1 Å². The van der Waals surface area contributed by atoms with Gasteiger partial charge in [-0.05, 0) is 42.9 Å². The fraction of sp³-hybridized carbons (Fsp3) is 0.750. The first-order chi connectivity index (χ1) is 9.13. The van der Waals surface area contributed by atoms with Crippen LogP contribution in [0.4, 0.5) is 0 Å². The van der Waals surface area contributed by atoms with Gasteiger partial charge in [-0.2, -0.15) is 0 Å². The number of fused-ring (bicyclic) bond motifs is 5. The number of hydrogen-bond acceptors (Lipinski definition) is 2. The summed E-state index contributed by atoms with van der Waals surface area (Å²) >= 11 is 0. The molecule has 2 nitrogen and oxygen atoms in total. The van der Waals surface area contributed by atoms with E-state index in [0.717, 1.165) is 6.42 Å².